The smallest absolute Gasteiger partial charge is 0.250 e. The van der Waals surface area contributed by atoms with Gasteiger partial charge in [0.1, 0.15) is 0 Å². The van der Waals surface area contributed by atoms with Crippen LogP contribution in [0.1, 0.15) is 30.9 Å². The Bertz CT molecular complexity index is 811. The number of imidazole rings is 1. The van der Waals surface area contributed by atoms with Crippen molar-refractivity contribution in [2.24, 2.45) is 0 Å². The molecule has 0 radical (unpaired) electrons. The summed E-state index contributed by atoms with van der Waals surface area (Å²) < 4.78 is 0. The number of amides is 1. The largest absolute Gasteiger partial charge is 0.324 e. The van der Waals surface area contributed by atoms with Crippen molar-refractivity contribution in [3.63, 3.8) is 0 Å². The number of benzene rings is 2. The van der Waals surface area contributed by atoms with Crippen LogP contribution in [-0.4, -0.2) is 15.9 Å². The van der Waals surface area contributed by atoms with Crippen molar-refractivity contribution >= 4 is 29.0 Å². The molecule has 4 heteroatoms. The molecule has 0 fully saturated rings. The number of fused-ring (bicyclic) bond motifs is 1. The lowest BCUT2D eigenvalue weighted by molar-refractivity contribution is -0.111. The van der Waals surface area contributed by atoms with Crippen LogP contribution < -0.4 is 5.32 Å². The highest BCUT2D eigenvalue weighted by Crippen LogP contribution is 2.16. The van der Waals surface area contributed by atoms with E-state index in [0.717, 1.165) is 16.6 Å². The van der Waals surface area contributed by atoms with E-state index in [9.17, 15) is 4.79 Å². The van der Waals surface area contributed by atoms with E-state index < -0.39 is 0 Å². The number of nitrogens with one attached hydrogen (secondary N) is 2. The zero-order chi connectivity index (χ0) is 16.2. The average molecular weight is 305 g/mol. The van der Waals surface area contributed by atoms with Gasteiger partial charge in [0.25, 0.3) is 5.91 Å². The van der Waals surface area contributed by atoms with E-state index in [1.54, 1.807) is 6.08 Å². The predicted molar refractivity (Wildman–Crippen MR) is 94.3 cm³/mol. The van der Waals surface area contributed by atoms with E-state index in [-0.39, 0.29) is 5.91 Å². The summed E-state index contributed by atoms with van der Waals surface area (Å²) in [6.45, 7) is 4.32. The van der Waals surface area contributed by atoms with E-state index in [2.05, 4.69) is 41.3 Å². The van der Waals surface area contributed by atoms with Crippen molar-refractivity contribution in [1.82, 2.24) is 9.97 Å². The van der Waals surface area contributed by atoms with Crippen molar-refractivity contribution in [2.45, 2.75) is 19.8 Å². The van der Waals surface area contributed by atoms with E-state index >= 15 is 0 Å². The van der Waals surface area contributed by atoms with Crippen LogP contribution in [0.2, 0.25) is 0 Å². The second-order valence-corrected chi connectivity index (χ2v) is 5.75. The van der Waals surface area contributed by atoms with Crippen molar-refractivity contribution in [1.29, 1.82) is 0 Å². The first-order valence-electron chi connectivity index (χ1n) is 7.65. The molecular formula is C19H19N3O. The van der Waals surface area contributed by atoms with E-state index in [1.807, 2.05) is 36.4 Å². The summed E-state index contributed by atoms with van der Waals surface area (Å²) in [7, 11) is 0. The number of anilines is 1. The molecule has 1 heterocycles. The number of rotatable bonds is 4. The summed E-state index contributed by atoms with van der Waals surface area (Å²) in [5.41, 5.74) is 4.01. The van der Waals surface area contributed by atoms with Gasteiger partial charge in [0.15, 0.2) is 0 Å². The van der Waals surface area contributed by atoms with Gasteiger partial charge in [-0.05, 0) is 35.3 Å². The van der Waals surface area contributed by atoms with Crippen molar-refractivity contribution in [3.05, 3.63) is 65.7 Å². The number of para-hydroxylation sites is 2. The first kappa shape index (κ1) is 15.0. The second kappa shape index (κ2) is 6.48. The summed E-state index contributed by atoms with van der Waals surface area (Å²) in [4.78, 5) is 19.4. The van der Waals surface area contributed by atoms with Crippen LogP contribution in [0.15, 0.2) is 54.6 Å². The highest BCUT2D eigenvalue weighted by molar-refractivity contribution is 6.01. The molecule has 0 unspecified atom stereocenters. The maximum Gasteiger partial charge on any atom is 0.250 e. The van der Waals surface area contributed by atoms with Gasteiger partial charge in [-0.3, -0.25) is 10.1 Å². The molecular weight excluding hydrogens is 286 g/mol. The third kappa shape index (κ3) is 3.66. The van der Waals surface area contributed by atoms with Gasteiger partial charge in [-0.2, -0.15) is 0 Å². The van der Waals surface area contributed by atoms with Gasteiger partial charge in [0.05, 0.1) is 11.0 Å². The fourth-order valence-electron chi connectivity index (χ4n) is 2.33. The lowest BCUT2D eigenvalue weighted by Crippen LogP contribution is -2.08. The minimum Gasteiger partial charge on any atom is -0.324 e. The molecule has 3 aromatic rings. The van der Waals surface area contributed by atoms with Crippen LogP contribution >= 0.6 is 0 Å². The molecule has 0 saturated heterocycles. The van der Waals surface area contributed by atoms with Crippen molar-refractivity contribution < 1.29 is 4.79 Å². The molecule has 0 aliphatic carbocycles. The maximum atomic E-state index is 12.0. The molecule has 23 heavy (non-hydrogen) atoms. The van der Waals surface area contributed by atoms with Gasteiger partial charge in [0, 0.05) is 6.08 Å². The van der Waals surface area contributed by atoms with Crippen LogP contribution in [0.4, 0.5) is 5.95 Å². The first-order valence-corrected chi connectivity index (χ1v) is 7.65. The van der Waals surface area contributed by atoms with Crippen LogP contribution in [0.3, 0.4) is 0 Å². The lowest BCUT2D eigenvalue weighted by atomic mass is 10.0. The molecule has 0 aliphatic heterocycles. The Balaban J connectivity index is 1.66. The molecule has 0 saturated carbocycles. The Labute approximate surface area is 135 Å². The molecule has 2 N–H and O–H groups in total. The molecule has 2 aromatic carbocycles. The number of carbonyl (C=O) groups is 1. The number of aromatic amines is 1. The van der Waals surface area contributed by atoms with E-state index in [1.165, 1.54) is 11.6 Å². The monoisotopic (exact) mass is 305 g/mol. The van der Waals surface area contributed by atoms with Crippen LogP contribution in [0.25, 0.3) is 17.1 Å². The molecule has 0 spiro atoms. The Morgan fingerprint density at radius 1 is 1.13 bits per heavy atom. The highest BCUT2D eigenvalue weighted by Gasteiger charge is 2.04. The quantitative estimate of drug-likeness (QED) is 0.704. The van der Waals surface area contributed by atoms with Crippen molar-refractivity contribution in [3.8, 4) is 0 Å². The Hall–Kier alpha value is -2.88. The zero-order valence-corrected chi connectivity index (χ0v) is 13.2. The Morgan fingerprint density at radius 2 is 1.87 bits per heavy atom. The predicted octanol–water partition coefficient (Wildman–Crippen LogP) is 4.34. The standard InChI is InChI=1S/C19H19N3O/c1-13(2)15-10-7-14(8-11-15)9-12-18(23)22-19-20-16-5-3-4-6-17(16)21-19/h3-13H,1-2H3,(H2,20,21,22,23)/b12-9+. The third-order valence-corrected chi connectivity index (χ3v) is 3.66. The first-order chi connectivity index (χ1) is 11.1. The molecule has 3 rings (SSSR count). The van der Waals surface area contributed by atoms with Crippen LogP contribution in [-0.2, 0) is 4.79 Å². The van der Waals surface area contributed by atoms with E-state index in [0.29, 0.717) is 11.9 Å². The zero-order valence-electron chi connectivity index (χ0n) is 13.2. The number of hydrogen-bond donors (Lipinski definition) is 2. The van der Waals surface area contributed by atoms with Gasteiger partial charge < -0.3 is 4.98 Å². The molecule has 0 aliphatic rings. The Kier molecular flexibility index (Phi) is 4.24. The normalized spacial score (nSPS) is 11.4. The SMILES string of the molecule is CC(C)c1ccc(/C=C/C(=O)Nc2nc3ccccc3[nH]2)cc1. The van der Waals surface area contributed by atoms with Gasteiger partial charge in [-0.15, -0.1) is 0 Å². The summed E-state index contributed by atoms with van der Waals surface area (Å²) >= 11 is 0. The minimum atomic E-state index is -0.211. The molecule has 116 valence electrons. The lowest BCUT2D eigenvalue weighted by Gasteiger charge is -2.04. The fourth-order valence-corrected chi connectivity index (χ4v) is 2.33. The summed E-state index contributed by atoms with van der Waals surface area (Å²) in [6, 6.07) is 15.9. The third-order valence-electron chi connectivity index (χ3n) is 3.66. The fraction of sp³-hybridized carbons (Fsp3) is 0.158. The second-order valence-electron chi connectivity index (χ2n) is 5.75. The summed E-state index contributed by atoms with van der Waals surface area (Å²) in [5.74, 6) is 0.748. The van der Waals surface area contributed by atoms with Crippen LogP contribution in [0, 0.1) is 0 Å². The molecule has 0 atom stereocenters. The molecule has 4 nitrogen and oxygen atoms in total. The van der Waals surface area contributed by atoms with Gasteiger partial charge in [-0.1, -0.05) is 50.2 Å². The number of nitrogens with zero attached hydrogens (tertiary/aromatic N) is 1. The number of hydrogen-bond acceptors (Lipinski definition) is 2. The van der Waals surface area contributed by atoms with Gasteiger partial charge in [0.2, 0.25) is 5.95 Å². The highest BCUT2D eigenvalue weighted by atomic mass is 16.1. The topological polar surface area (TPSA) is 57.8 Å². The van der Waals surface area contributed by atoms with E-state index in [4.69, 9.17) is 0 Å². The summed E-state index contributed by atoms with van der Waals surface area (Å²) in [5, 5.41) is 2.74. The van der Waals surface area contributed by atoms with Gasteiger partial charge in [-0.25, -0.2) is 4.98 Å². The number of aromatic nitrogens is 2. The molecule has 0 bridgehead atoms. The molecule has 1 amide bonds. The van der Waals surface area contributed by atoms with Crippen molar-refractivity contribution in [2.75, 3.05) is 5.32 Å². The van der Waals surface area contributed by atoms with Gasteiger partial charge >= 0.3 is 0 Å². The average Bonchev–Trinajstić information content (AvgIpc) is 2.95. The number of carbonyl (C=O) groups excluding carboxylic acids is 1. The van der Waals surface area contributed by atoms with Crippen LogP contribution in [0.5, 0.6) is 0 Å². The molecule has 1 aromatic heterocycles. The Morgan fingerprint density at radius 3 is 2.57 bits per heavy atom. The number of H-pyrrole nitrogens is 1. The maximum absolute atomic E-state index is 12.0. The summed E-state index contributed by atoms with van der Waals surface area (Å²) in [6.07, 6.45) is 3.31. The minimum absolute atomic E-state index is 0.211.